The van der Waals surface area contributed by atoms with Gasteiger partial charge in [0.15, 0.2) is 0 Å². The highest BCUT2D eigenvalue weighted by molar-refractivity contribution is 7.47. The van der Waals surface area contributed by atoms with Crippen molar-refractivity contribution in [3.8, 4) is 0 Å². The Labute approximate surface area is 159 Å². The Balaban J connectivity index is 2.24. The molecule has 1 aliphatic rings. The van der Waals surface area contributed by atoms with E-state index in [0.29, 0.717) is 6.42 Å². The van der Waals surface area contributed by atoms with Crippen molar-refractivity contribution >= 4 is 13.6 Å². The second kappa shape index (κ2) is 7.64. The van der Waals surface area contributed by atoms with Gasteiger partial charge in [-0.15, -0.1) is 0 Å². The first-order valence-corrected chi connectivity index (χ1v) is 10.4. The zero-order valence-corrected chi connectivity index (χ0v) is 17.6. The van der Waals surface area contributed by atoms with Crippen molar-refractivity contribution in [1.82, 2.24) is 9.55 Å². The fraction of sp³-hybridized carbons (Fsp3) is 0.765. The van der Waals surface area contributed by atoms with Crippen LogP contribution in [-0.4, -0.2) is 32.3 Å². The van der Waals surface area contributed by atoms with Crippen LogP contribution in [0.25, 0.3) is 0 Å². The summed E-state index contributed by atoms with van der Waals surface area (Å²) in [6.45, 7) is 11.1. The lowest BCUT2D eigenvalue weighted by Crippen LogP contribution is -2.30. The van der Waals surface area contributed by atoms with E-state index in [9.17, 15) is 14.3 Å². The minimum absolute atomic E-state index is 0.115. The van der Waals surface area contributed by atoms with Gasteiger partial charge >= 0.3 is 13.5 Å². The fourth-order valence-corrected chi connectivity index (χ4v) is 4.25. The lowest BCUT2D eigenvalue weighted by molar-refractivity contribution is -0.0426. The van der Waals surface area contributed by atoms with Gasteiger partial charge in [-0.05, 0) is 38.7 Å². The lowest BCUT2D eigenvalue weighted by Gasteiger charge is -2.29. The van der Waals surface area contributed by atoms with E-state index in [1.54, 1.807) is 20.8 Å². The second-order valence-electron chi connectivity index (χ2n) is 8.99. The van der Waals surface area contributed by atoms with Crippen molar-refractivity contribution in [2.75, 3.05) is 5.73 Å². The second-order valence-corrected chi connectivity index (χ2v) is 10.3. The monoisotopic (exact) mass is 403 g/mol. The molecule has 1 fully saturated rings. The molecule has 0 bridgehead atoms. The van der Waals surface area contributed by atoms with Crippen molar-refractivity contribution in [2.24, 2.45) is 5.41 Å². The summed E-state index contributed by atoms with van der Waals surface area (Å²) in [5.74, 6) is 0.117. The van der Waals surface area contributed by atoms with Gasteiger partial charge in [0.25, 0.3) is 0 Å². The van der Waals surface area contributed by atoms with E-state index >= 15 is 0 Å². The molecule has 1 aromatic heterocycles. The van der Waals surface area contributed by atoms with Gasteiger partial charge in [-0.2, -0.15) is 4.98 Å². The fourth-order valence-electron chi connectivity index (χ4n) is 2.95. The van der Waals surface area contributed by atoms with E-state index in [1.165, 1.54) is 16.8 Å². The number of nitrogens with two attached hydrogens (primary N) is 1. The van der Waals surface area contributed by atoms with Crippen molar-refractivity contribution in [1.29, 1.82) is 0 Å². The Morgan fingerprint density at radius 3 is 2.52 bits per heavy atom. The van der Waals surface area contributed by atoms with Crippen LogP contribution in [0.15, 0.2) is 17.1 Å². The molecule has 27 heavy (non-hydrogen) atoms. The van der Waals surface area contributed by atoms with Gasteiger partial charge < -0.3 is 15.4 Å². The standard InChI is InChI=1S/C17H30N3O6P/c1-16(2,3)10-12-11(25-27(22,23)26-17(4,5)6)9-14(24-12)20-8-7-13(18)19-15(20)21/h7-8,11-12,14H,9-10H2,1-6H3,(H,22,23)(H2,18,19,21)/t11-,12+,14+/m0/s1. The number of ether oxygens (including phenoxy) is 1. The van der Waals surface area contributed by atoms with Crippen LogP contribution >= 0.6 is 7.82 Å². The Morgan fingerprint density at radius 1 is 1.37 bits per heavy atom. The van der Waals surface area contributed by atoms with Gasteiger partial charge in [0, 0.05) is 12.6 Å². The SMILES string of the molecule is CC(C)(C)C[C@H]1O[C@@H](n2ccc(N)nc2=O)C[C@@H]1OP(=O)(O)OC(C)(C)C. The zero-order valence-electron chi connectivity index (χ0n) is 16.7. The number of nitrogens with zero attached hydrogens (tertiary/aromatic N) is 2. The molecule has 154 valence electrons. The van der Waals surface area contributed by atoms with Crippen LogP contribution in [-0.2, 0) is 18.3 Å². The molecule has 0 aliphatic carbocycles. The van der Waals surface area contributed by atoms with Crippen molar-refractivity contribution < 1.29 is 23.2 Å². The number of hydrogen-bond donors (Lipinski definition) is 2. The normalized spacial score (nSPS) is 26.1. The van der Waals surface area contributed by atoms with Gasteiger partial charge in [0.05, 0.1) is 17.8 Å². The number of rotatable bonds is 5. The molecule has 1 aromatic rings. The molecular formula is C17H30N3O6P. The molecule has 0 radical (unpaired) electrons. The molecule has 1 unspecified atom stereocenters. The predicted octanol–water partition coefficient (Wildman–Crippen LogP) is 2.85. The lowest BCUT2D eigenvalue weighted by atomic mass is 9.87. The smallest absolute Gasteiger partial charge is 0.383 e. The molecule has 9 nitrogen and oxygen atoms in total. The van der Waals surface area contributed by atoms with Crippen LogP contribution in [0.2, 0.25) is 0 Å². The van der Waals surface area contributed by atoms with E-state index < -0.39 is 37.5 Å². The van der Waals surface area contributed by atoms with Crippen LogP contribution in [0.5, 0.6) is 0 Å². The summed E-state index contributed by atoms with van der Waals surface area (Å²) in [6.07, 6.45) is 0.416. The molecule has 3 N–H and O–H groups in total. The largest absolute Gasteiger partial charge is 0.473 e. The number of phosphoric ester groups is 1. The molecular weight excluding hydrogens is 373 g/mol. The number of nitrogen functional groups attached to an aromatic ring is 1. The van der Waals surface area contributed by atoms with Crippen LogP contribution in [0.1, 0.15) is 60.6 Å². The highest BCUT2D eigenvalue weighted by Gasteiger charge is 2.44. The molecule has 2 heterocycles. The highest BCUT2D eigenvalue weighted by atomic mass is 31.2. The summed E-state index contributed by atoms with van der Waals surface area (Å²) in [4.78, 5) is 26.0. The van der Waals surface area contributed by atoms with E-state index in [-0.39, 0.29) is 17.7 Å². The Kier molecular flexibility index (Phi) is 6.24. The number of anilines is 1. The average Bonchev–Trinajstić information content (AvgIpc) is 2.75. The third-order valence-corrected chi connectivity index (χ3v) is 5.13. The van der Waals surface area contributed by atoms with E-state index in [1.807, 2.05) is 20.8 Å². The highest BCUT2D eigenvalue weighted by Crippen LogP contribution is 2.51. The van der Waals surface area contributed by atoms with Crippen molar-refractivity contribution in [3.63, 3.8) is 0 Å². The first-order valence-electron chi connectivity index (χ1n) is 8.87. The molecule has 10 heteroatoms. The van der Waals surface area contributed by atoms with Crippen LogP contribution in [0.3, 0.4) is 0 Å². The van der Waals surface area contributed by atoms with E-state index in [2.05, 4.69) is 4.98 Å². The quantitative estimate of drug-likeness (QED) is 0.719. The summed E-state index contributed by atoms with van der Waals surface area (Å²) in [5.41, 5.74) is 4.02. The third kappa shape index (κ3) is 6.69. The summed E-state index contributed by atoms with van der Waals surface area (Å²) in [5, 5.41) is 0. The molecule has 0 amide bonds. The minimum Gasteiger partial charge on any atom is -0.383 e. The van der Waals surface area contributed by atoms with Crippen molar-refractivity contribution in [3.05, 3.63) is 22.7 Å². The van der Waals surface area contributed by atoms with Gasteiger partial charge in [0.1, 0.15) is 12.0 Å². The first-order chi connectivity index (χ1) is 12.2. The molecule has 0 saturated carbocycles. The Bertz CT molecular complexity index is 767. The summed E-state index contributed by atoms with van der Waals surface area (Å²) in [6, 6.07) is 1.50. The minimum atomic E-state index is -4.31. The Hall–Kier alpha value is -1.25. The van der Waals surface area contributed by atoms with Crippen LogP contribution in [0.4, 0.5) is 5.82 Å². The number of phosphoric acid groups is 1. The van der Waals surface area contributed by atoms with Gasteiger partial charge in [-0.1, -0.05) is 20.8 Å². The molecule has 4 atom stereocenters. The van der Waals surface area contributed by atoms with Crippen LogP contribution < -0.4 is 11.4 Å². The van der Waals surface area contributed by atoms with Gasteiger partial charge in [-0.3, -0.25) is 13.6 Å². The summed E-state index contributed by atoms with van der Waals surface area (Å²) < 4.78 is 30.4. The molecule has 0 aromatic carbocycles. The Morgan fingerprint density at radius 2 is 2.00 bits per heavy atom. The predicted molar refractivity (Wildman–Crippen MR) is 101 cm³/mol. The maximum atomic E-state index is 12.4. The third-order valence-electron chi connectivity index (χ3n) is 3.81. The van der Waals surface area contributed by atoms with Crippen LogP contribution in [0, 0.1) is 5.41 Å². The summed E-state index contributed by atoms with van der Waals surface area (Å²) in [7, 11) is -4.31. The van der Waals surface area contributed by atoms with E-state index in [4.69, 9.17) is 19.5 Å². The van der Waals surface area contributed by atoms with Gasteiger partial charge in [0.2, 0.25) is 0 Å². The molecule has 0 spiro atoms. The molecule has 1 aliphatic heterocycles. The van der Waals surface area contributed by atoms with E-state index in [0.717, 1.165) is 0 Å². The maximum absolute atomic E-state index is 12.4. The first kappa shape index (κ1) is 22.0. The summed E-state index contributed by atoms with van der Waals surface area (Å²) >= 11 is 0. The average molecular weight is 403 g/mol. The molecule has 1 saturated heterocycles. The van der Waals surface area contributed by atoms with Gasteiger partial charge in [-0.25, -0.2) is 9.36 Å². The maximum Gasteiger partial charge on any atom is 0.473 e. The zero-order chi connectivity index (χ0) is 20.6. The number of aromatic nitrogens is 2. The van der Waals surface area contributed by atoms with Crippen molar-refractivity contribution in [2.45, 2.75) is 78.4 Å². The topological polar surface area (TPSA) is 126 Å². The number of hydrogen-bond acceptors (Lipinski definition) is 7. The molecule has 2 rings (SSSR count).